The van der Waals surface area contributed by atoms with Crippen LogP contribution in [0.25, 0.3) is 0 Å². The summed E-state index contributed by atoms with van der Waals surface area (Å²) in [6, 6.07) is 7.63. The number of aliphatic carboxylic acids is 1. The fourth-order valence-corrected chi connectivity index (χ4v) is 1.67. The van der Waals surface area contributed by atoms with E-state index in [0.717, 1.165) is 17.5 Å². The first-order valence-electron chi connectivity index (χ1n) is 5.06. The van der Waals surface area contributed by atoms with E-state index in [-0.39, 0.29) is 0 Å². The molecule has 0 aromatic heterocycles. The van der Waals surface area contributed by atoms with Gasteiger partial charge in [0.1, 0.15) is 0 Å². The lowest BCUT2D eigenvalue weighted by Crippen LogP contribution is -2.12. The van der Waals surface area contributed by atoms with Gasteiger partial charge < -0.3 is 5.11 Å². The molecule has 0 bridgehead atoms. The summed E-state index contributed by atoms with van der Waals surface area (Å²) in [5, 5.41) is 9.14. The van der Waals surface area contributed by atoms with Crippen molar-refractivity contribution in [1.29, 1.82) is 0 Å². The van der Waals surface area contributed by atoms with Crippen molar-refractivity contribution < 1.29 is 9.90 Å². The molecule has 15 heavy (non-hydrogen) atoms. The molecule has 0 aliphatic carbocycles. The van der Waals surface area contributed by atoms with Crippen LogP contribution in [-0.4, -0.2) is 11.1 Å². The summed E-state index contributed by atoms with van der Waals surface area (Å²) >= 11 is 0. The van der Waals surface area contributed by atoms with Crippen molar-refractivity contribution in [3.63, 3.8) is 0 Å². The van der Waals surface area contributed by atoms with Gasteiger partial charge in [-0.25, -0.2) is 0 Å². The molecule has 80 valence electrons. The Morgan fingerprint density at radius 1 is 1.53 bits per heavy atom. The highest BCUT2D eigenvalue weighted by Gasteiger charge is 2.19. The van der Waals surface area contributed by atoms with Gasteiger partial charge in [-0.05, 0) is 30.9 Å². The lowest BCUT2D eigenvalue weighted by molar-refractivity contribution is -0.138. The second-order valence-corrected chi connectivity index (χ2v) is 3.61. The maximum absolute atomic E-state index is 11.1. The minimum Gasteiger partial charge on any atom is -0.481 e. The van der Waals surface area contributed by atoms with Crippen LogP contribution in [0.4, 0.5) is 0 Å². The van der Waals surface area contributed by atoms with E-state index in [0.29, 0.717) is 6.42 Å². The molecule has 2 heteroatoms. The summed E-state index contributed by atoms with van der Waals surface area (Å²) in [5.74, 6) is -1.17. The summed E-state index contributed by atoms with van der Waals surface area (Å²) < 4.78 is 0. The quantitative estimate of drug-likeness (QED) is 0.748. The van der Waals surface area contributed by atoms with Gasteiger partial charge in [0.2, 0.25) is 0 Å². The van der Waals surface area contributed by atoms with Gasteiger partial charge in [-0.1, -0.05) is 30.3 Å². The van der Waals surface area contributed by atoms with Gasteiger partial charge in [0.15, 0.2) is 0 Å². The molecule has 0 aliphatic rings. The van der Waals surface area contributed by atoms with Crippen LogP contribution in [-0.2, 0) is 4.79 Å². The molecular formula is C13H16O2. The second kappa shape index (κ2) is 5.35. The standard InChI is InChI=1S/C13H16O2/c1-3-4-8-12(13(14)15)11-9-6-5-7-10(11)2/h3,5-7,9,12H,1,4,8H2,2H3,(H,14,15). The molecule has 0 saturated carbocycles. The first-order chi connectivity index (χ1) is 7.16. The molecule has 0 radical (unpaired) electrons. The Kier molecular flexibility index (Phi) is 4.10. The summed E-state index contributed by atoms with van der Waals surface area (Å²) in [6.07, 6.45) is 3.10. The normalized spacial score (nSPS) is 12.1. The number of hydrogen-bond donors (Lipinski definition) is 1. The lowest BCUT2D eigenvalue weighted by Gasteiger charge is -2.13. The van der Waals surface area contributed by atoms with E-state index in [2.05, 4.69) is 6.58 Å². The zero-order valence-electron chi connectivity index (χ0n) is 8.94. The molecular weight excluding hydrogens is 188 g/mol. The number of allylic oxidation sites excluding steroid dienone is 1. The number of benzene rings is 1. The molecule has 2 nitrogen and oxygen atoms in total. The van der Waals surface area contributed by atoms with E-state index in [1.807, 2.05) is 31.2 Å². The van der Waals surface area contributed by atoms with Crippen molar-refractivity contribution >= 4 is 5.97 Å². The summed E-state index contributed by atoms with van der Waals surface area (Å²) in [6.45, 7) is 5.56. The lowest BCUT2D eigenvalue weighted by atomic mass is 9.91. The molecule has 0 aliphatic heterocycles. The largest absolute Gasteiger partial charge is 0.481 e. The summed E-state index contributed by atoms with van der Waals surface area (Å²) in [4.78, 5) is 11.1. The fourth-order valence-electron chi connectivity index (χ4n) is 1.67. The van der Waals surface area contributed by atoms with Crippen LogP contribution in [0, 0.1) is 6.92 Å². The predicted molar refractivity (Wildman–Crippen MR) is 61.0 cm³/mol. The smallest absolute Gasteiger partial charge is 0.310 e. The Labute approximate surface area is 90.3 Å². The molecule has 1 N–H and O–H groups in total. The van der Waals surface area contributed by atoms with Crippen LogP contribution in [0.5, 0.6) is 0 Å². The Balaban J connectivity index is 2.93. The zero-order chi connectivity index (χ0) is 11.3. The SMILES string of the molecule is C=CCCC(C(=O)O)c1ccccc1C. The molecule has 0 fully saturated rings. The van der Waals surface area contributed by atoms with E-state index >= 15 is 0 Å². The van der Waals surface area contributed by atoms with E-state index in [4.69, 9.17) is 5.11 Å². The second-order valence-electron chi connectivity index (χ2n) is 3.61. The highest BCUT2D eigenvalue weighted by Crippen LogP contribution is 2.24. The van der Waals surface area contributed by atoms with E-state index in [9.17, 15) is 4.79 Å². The third-order valence-corrected chi connectivity index (χ3v) is 2.52. The topological polar surface area (TPSA) is 37.3 Å². The molecule has 0 saturated heterocycles. The van der Waals surface area contributed by atoms with E-state index in [1.54, 1.807) is 6.08 Å². The maximum Gasteiger partial charge on any atom is 0.310 e. The Morgan fingerprint density at radius 2 is 2.20 bits per heavy atom. The van der Waals surface area contributed by atoms with Gasteiger partial charge in [-0.2, -0.15) is 0 Å². The Morgan fingerprint density at radius 3 is 2.73 bits per heavy atom. The van der Waals surface area contributed by atoms with Crippen molar-refractivity contribution in [2.24, 2.45) is 0 Å². The molecule has 1 unspecified atom stereocenters. The number of carboxylic acid groups (broad SMARTS) is 1. The van der Waals surface area contributed by atoms with Crippen molar-refractivity contribution in [3.8, 4) is 0 Å². The number of hydrogen-bond acceptors (Lipinski definition) is 1. The Hall–Kier alpha value is -1.57. The van der Waals surface area contributed by atoms with Crippen LogP contribution < -0.4 is 0 Å². The molecule has 1 rings (SSSR count). The number of rotatable bonds is 5. The first-order valence-corrected chi connectivity index (χ1v) is 5.06. The number of carboxylic acids is 1. The summed E-state index contributed by atoms with van der Waals surface area (Å²) in [5.41, 5.74) is 1.95. The van der Waals surface area contributed by atoms with Crippen LogP contribution >= 0.6 is 0 Å². The molecule has 1 aromatic carbocycles. The van der Waals surface area contributed by atoms with Gasteiger partial charge in [0.25, 0.3) is 0 Å². The van der Waals surface area contributed by atoms with Gasteiger partial charge in [0, 0.05) is 0 Å². The van der Waals surface area contributed by atoms with Crippen molar-refractivity contribution in [3.05, 3.63) is 48.0 Å². The van der Waals surface area contributed by atoms with Gasteiger partial charge in [-0.15, -0.1) is 6.58 Å². The van der Waals surface area contributed by atoms with Crippen molar-refractivity contribution in [2.75, 3.05) is 0 Å². The van der Waals surface area contributed by atoms with Crippen molar-refractivity contribution in [1.82, 2.24) is 0 Å². The van der Waals surface area contributed by atoms with Crippen LogP contribution in [0.2, 0.25) is 0 Å². The minimum atomic E-state index is -0.758. The maximum atomic E-state index is 11.1. The van der Waals surface area contributed by atoms with Crippen molar-refractivity contribution in [2.45, 2.75) is 25.7 Å². The third kappa shape index (κ3) is 2.94. The number of aryl methyl sites for hydroxylation is 1. The molecule has 0 amide bonds. The molecule has 1 aromatic rings. The molecule has 0 heterocycles. The Bertz CT molecular complexity index is 355. The summed E-state index contributed by atoms with van der Waals surface area (Å²) in [7, 11) is 0. The van der Waals surface area contributed by atoms with E-state index in [1.165, 1.54) is 0 Å². The highest BCUT2D eigenvalue weighted by atomic mass is 16.4. The minimum absolute atomic E-state index is 0.413. The average Bonchev–Trinajstić information content (AvgIpc) is 2.20. The van der Waals surface area contributed by atoms with E-state index < -0.39 is 11.9 Å². The van der Waals surface area contributed by atoms with Crippen LogP contribution in [0.1, 0.15) is 29.9 Å². The zero-order valence-corrected chi connectivity index (χ0v) is 8.94. The van der Waals surface area contributed by atoms with Gasteiger partial charge in [-0.3, -0.25) is 4.79 Å². The van der Waals surface area contributed by atoms with Gasteiger partial charge in [0.05, 0.1) is 5.92 Å². The van der Waals surface area contributed by atoms with Crippen LogP contribution in [0.15, 0.2) is 36.9 Å². The average molecular weight is 204 g/mol. The monoisotopic (exact) mass is 204 g/mol. The molecule has 0 spiro atoms. The van der Waals surface area contributed by atoms with Gasteiger partial charge >= 0.3 is 5.97 Å². The highest BCUT2D eigenvalue weighted by molar-refractivity contribution is 5.76. The van der Waals surface area contributed by atoms with Crippen LogP contribution in [0.3, 0.4) is 0 Å². The first kappa shape index (κ1) is 11.5. The number of carbonyl (C=O) groups is 1. The molecule has 1 atom stereocenters. The fraction of sp³-hybridized carbons (Fsp3) is 0.308. The predicted octanol–water partition coefficient (Wildman–Crippen LogP) is 3.13. The third-order valence-electron chi connectivity index (χ3n) is 2.52.